The Balaban J connectivity index is 2.60. The van der Waals surface area contributed by atoms with Gasteiger partial charge in [-0.1, -0.05) is 0 Å². The van der Waals surface area contributed by atoms with E-state index in [1.54, 1.807) is 0 Å². The van der Waals surface area contributed by atoms with Crippen molar-refractivity contribution in [2.75, 3.05) is 34.9 Å². The second-order valence-corrected chi connectivity index (χ2v) is 8.00. The van der Waals surface area contributed by atoms with Crippen molar-refractivity contribution in [2.45, 2.75) is 12.3 Å². The Morgan fingerprint density at radius 1 is 1.48 bits per heavy atom. The van der Waals surface area contributed by atoms with E-state index in [-0.39, 0.29) is 23.1 Å². The summed E-state index contributed by atoms with van der Waals surface area (Å²) in [5.41, 5.74) is 5.38. The summed E-state index contributed by atoms with van der Waals surface area (Å²) in [7, 11) is -3.41. The first-order chi connectivity index (χ1) is 9.71. The normalized spacial score (nSPS) is 19.5. The van der Waals surface area contributed by atoms with Crippen molar-refractivity contribution >= 4 is 39.1 Å². The summed E-state index contributed by atoms with van der Waals surface area (Å²) < 4.78 is 23.8. The smallest absolute Gasteiger partial charge is 0.332 e. The number of nitrogens with zero attached hydrogens (tertiary/aromatic N) is 4. The number of sulfone groups is 1. The molecule has 1 saturated heterocycles. The van der Waals surface area contributed by atoms with Gasteiger partial charge in [0.1, 0.15) is 11.1 Å². The summed E-state index contributed by atoms with van der Waals surface area (Å²) in [6.45, 7) is 1.80. The summed E-state index contributed by atoms with van der Waals surface area (Å²) in [6.07, 6.45) is 1.11. The molecule has 0 aromatic carbocycles. The fourth-order valence-electron chi connectivity index (χ4n) is 2.17. The molecule has 9 nitrogen and oxygen atoms in total. The maximum absolute atomic E-state index is 11.9. The van der Waals surface area contributed by atoms with Crippen LogP contribution in [0.15, 0.2) is 0 Å². The van der Waals surface area contributed by atoms with Crippen molar-refractivity contribution in [1.29, 1.82) is 0 Å². The van der Waals surface area contributed by atoms with Crippen molar-refractivity contribution in [1.82, 2.24) is 9.97 Å². The molecule has 1 atom stereocenters. The second-order valence-electron chi connectivity index (χ2n) is 4.65. The SMILES string of the molecule is Cc1nc(N)nc(N2CCSCC2S(C)(=O)=O)c1[N+](=O)[O-]. The monoisotopic (exact) mass is 333 g/mol. The lowest BCUT2D eigenvalue weighted by Gasteiger charge is -2.34. The number of anilines is 2. The number of thioether (sulfide) groups is 1. The van der Waals surface area contributed by atoms with Crippen molar-refractivity contribution in [3.05, 3.63) is 15.8 Å². The van der Waals surface area contributed by atoms with Gasteiger partial charge in [0.15, 0.2) is 9.84 Å². The Kier molecular flexibility index (Phi) is 4.23. The lowest BCUT2D eigenvalue weighted by atomic mass is 10.3. The molecule has 1 aliphatic rings. The third kappa shape index (κ3) is 3.18. The predicted molar refractivity (Wildman–Crippen MR) is 81.1 cm³/mol. The van der Waals surface area contributed by atoms with Crippen LogP contribution < -0.4 is 10.6 Å². The van der Waals surface area contributed by atoms with Gasteiger partial charge in [0, 0.05) is 24.3 Å². The van der Waals surface area contributed by atoms with Gasteiger partial charge in [-0.05, 0) is 6.92 Å². The van der Waals surface area contributed by atoms with Gasteiger partial charge in [0.05, 0.1) is 4.92 Å². The van der Waals surface area contributed by atoms with Crippen LogP contribution in [-0.2, 0) is 9.84 Å². The topological polar surface area (TPSA) is 132 Å². The van der Waals surface area contributed by atoms with Gasteiger partial charge in [-0.2, -0.15) is 16.7 Å². The van der Waals surface area contributed by atoms with Crippen molar-refractivity contribution in [2.24, 2.45) is 0 Å². The molecule has 0 aliphatic carbocycles. The Bertz CT molecular complexity index is 678. The van der Waals surface area contributed by atoms with Crippen LogP contribution in [0.1, 0.15) is 5.69 Å². The van der Waals surface area contributed by atoms with Crippen molar-refractivity contribution in [3.8, 4) is 0 Å². The number of nitro groups is 1. The zero-order valence-electron chi connectivity index (χ0n) is 11.5. The van der Waals surface area contributed by atoms with E-state index in [1.807, 2.05) is 0 Å². The van der Waals surface area contributed by atoms with Gasteiger partial charge >= 0.3 is 5.69 Å². The molecule has 11 heteroatoms. The van der Waals surface area contributed by atoms with Crippen LogP contribution in [0, 0.1) is 17.0 Å². The van der Waals surface area contributed by atoms with E-state index in [2.05, 4.69) is 9.97 Å². The number of aromatic nitrogens is 2. The van der Waals surface area contributed by atoms with E-state index < -0.39 is 20.1 Å². The van der Waals surface area contributed by atoms with Gasteiger partial charge in [0.2, 0.25) is 11.8 Å². The molecule has 116 valence electrons. The zero-order valence-corrected chi connectivity index (χ0v) is 13.1. The van der Waals surface area contributed by atoms with Crippen LogP contribution >= 0.6 is 11.8 Å². The Labute approximate surface area is 126 Å². The summed E-state index contributed by atoms with van der Waals surface area (Å²) in [5.74, 6) is 0.852. The standard InChI is InChI=1S/C10H15N5O4S2/c1-6-8(15(16)17)9(13-10(11)12-6)14-3-4-20-5-7(14)21(2,18)19/h7H,3-5H2,1-2H3,(H2,11,12,13). The molecular formula is C10H15N5O4S2. The minimum Gasteiger partial charge on any atom is -0.368 e. The molecule has 1 aromatic heterocycles. The molecule has 2 N–H and O–H groups in total. The third-order valence-electron chi connectivity index (χ3n) is 3.09. The highest BCUT2D eigenvalue weighted by atomic mass is 32.2. The maximum Gasteiger partial charge on any atom is 0.332 e. The summed E-state index contributed by atoms with van der Waals surface area (Å²) >= 11 is 1.49. The average molecular weight is 333 g/mol. The van der Waals surface area contributed by atoms with Gasteiger partial charge in [-0.3, -0.25) is 10.1 Å². The molecule has 1 aliphatic heterocycles. The van der Waals surface area contributed by atoms with E-state index in [0.29, 0.717) is 18.1 Å². The quantitative estimate of drug-likeness (QED) is 0.608. The molecule has 21 heavy (non-hydrogen) atoms. The van der Waals surface area contributed by atoms with E-state index in [9.17, 15) is 18.5 Å². The molecule has 1 unspecified atom stereocenters. The summed E-state index contributed by atoms with van der Waals surface area (Å²) in [5, 5.41) is 10.4. The molecule has 2 rings (SSSR count). The lowest BCUT2D eigenvalue weighted by Crippen LogP contribution is -2.47. The summed E-state index contributed by atoms with van der Waals surface area (Å²) in [6, 6.07) is 0. The predicted octanol–water partition coefficient (Wildman–Crippen LogP) is 0.199. The Hall–Kier alpha value is -1.62. The van der Waals surface area contributed by atoms with Crippen LogP contribution in [0.2, 0.25) is 0 Å². The third-order valence-corrected chi connectivity index (χ3v) is 5.73. The lowest BCUT2D eigenvalue weighted by molar-refractivity contribution is -0.385. The molecule has 1 aromatic rings. The largest absolute Gasteiger partial charge is 0.368 e. The van der Waals surface area contributed by atoms with Crippen LogP contribution in [0.5, 0.6) is 0 Å². The van der Waals surface area contributed by atoms with Crippen molar-refractivity contribution < 1.29 is 13.3 Å². The highest BCUT2D eigenvalue weighted by Crippen LogP contribution is 2.34. The molecule has 2 heterocycles. The minimum atomic E-state index is -3.41. The van der Waals surface area contributed by atoms with Crippen LogP contribution in [0.3, 0.4) is 0 Å². The average Bonchev–Trinajstić information content (AvgIpc) is 2.36. The van der Waals surface area contributed by atoms with Gasteiger partial charge in [0.25, 0.3) is 0 Å². The van der Waals surface area contributed by atoms with Gasteiger partial charge in [-0.15, -0.1) is 0 Å². The highest BCUT2D eigenvalue weighted by molar-refractivity contribution is 8.01. The highest BCUT2D eigenvalue weighted by Gasteiger charge is 2.37. The minimum absolute atomic E-state index is 0.0271. The molecule has 0 spiro atoms. The first-order valence-corrected chi connectivity index (χ1v) is 9.14. The van der Waals surface area contributed by atoms with Crippen LogP contribution in [0.25, 0.3) is 0 Å². The number of hydrogen-bond acceptors (Lipinski definition) is 9. The fourth-order valence-corrected chi connectivity index (χ4v) is 4.98. The van der Waals surface area contributed by atoms with E-state index >= 15 is 0 Å². The molecule has 1 fully saturated rings. The van der Waals surface area contributed by atoms with Gasteiger partial charge in [-0.25, -0.2) is 13.4 Å². The second kappa shape index (κ2) is 5.64. The molecule has 0 saturated carbocycles. The van der Waals surface area contributed by atoms with Gasteiger partial charge < -0.3 is 10.6 Å². The number of rotatable bonds is 3. The number of aryl methyl sites for hydroxylation is 1. The zero-order chi connectivity index (χ0) is 15.8. The van der Waals surface area contributed by atoms with E-state index in [1.165, 1.54) is 23.6 Å². The first-order valence-electron chi connectivity index (χ1n) is 6.03. The number of nitrogens with two attached hydrogens (primary N) is 1. The Morgan fingerprint density at radius 3 is 2.71 bits per heavy atom. The fraction of sp³-hybridized carbons (Fsp3) is 0.600. The number of nitrogen functional groups attached to an aromatic ring is 1. The van der Waals surface area contributed by atoms with Crippen LogP contribution in [0.4, 0.5) is 17.5 Å². The van der Waals surface area contributed by atoms with E-state index in [4.69, 9.17) is 5.73 Å². The molecular weight excluding hydrogens is 318 g/mol. The van der Waals surface area contributed by atoms with E-state index in [0.717, 1.165) is 6.26 Å². The molecule has 0 radical (unpaired) electrons. The molecule has 0 bridgehead atoms. The number of hydrogen-bond donors (Lipinski definition) is 1. The van der Waals surface area contributed by atoms with Crippen molar-refractivity contribution in [3.63, 3.8) is 0 Å². The first kappa shape index (κ1) is 15.8. The maximum atomic E-state index is 11.9. The summed E-state index contributed by atoms with van der Waals surface area (Å²) in [4.78, 5) is 19.8. The van der Waals surface area contributed by atoms with Crippen LogP contribution in [-0.4, -0.2) is 53.0 Å². The Morgan fingerprint density at radius 2 is 2.14 bits per heavy atom. The molecule has 0 amide bonds.